The van der Waals surface area contributed by atoms with Gasteiger partial charge in [-0.05, 0) is 12.8 Å². The van der Waals surface area contributed by atoms with E-state index >= 15 is 0 Å². The van der Waals surface area contributed by atoms with E-state index in [1.54, 1.807) is 0 Å². The molecule has 0 saturated carbocycles. The molecule has 4 heteroatoms. The maximum Gasteiger partial charge on any atom is 0.239 e. The highest BCUT2D eigenvalue weighted by atomic mass is 16.5. The minimum Gasteiger partial charge on any atom is -0.377 e. The quantitative estimate of drug-likeness (QED) is 0.751. The molecule has 15 heavy (non-hydrogen) atoms. The van der Waals surface area contributed by atoms with Crippen molar-refractivity contribution in [3.63, 3.8) is 0 Å². The van der Waals surface area contributed by atoms with Crippen molar-refractivity contribution in [1.29, 1.82) is 0 Å². The minimum atomic E-state index is -0.331. The predicted octanol–water partition coefficient (Wildman–Crippen LogP) is 0.751. The smallest absolute Gasteiger partial charge is 0.239 e. The molecule has 1 fully saturated rings. The summed E-state index contributed by atoms with van der Waals surface area (Å²) < 4.78 is 5.36. The molecule has 2 atom stereocenters. The van der Waals surface area contributed by atoms with E-state index in [0.29, 0.717) is 19.8 Å². The van der Waals surface area contributed by atoms with Gasteiger partial charge in [-0.1, -0.05) is 20.3 Å². The lowest BCUT2D eigenvalue weighted by atomic mass is 10.1. The van der Waals surface area contributed by atoms with Gasteiger partial charge in [0.2, 0.25) is 5.91 Å². The Kier molecular flexibility index (Phi) is 5.05. The van der Waals surface area contributed by atoms with E-state index in [0.717, 1.165) is 19.3 Å². The molecule has 0 aliphatic carbocycles. The first-order valence-corrected chi connectivity index (χ1v) is 5.84. The largest absolute Gasteiger partial charge is 0.377 e. The molecule has 1 aliphatic heterocycles. The highest BCUT2D eigenvalue weighted by Gasteiger charge is 2.28. The van der Waals surface area contributed by atoms with Gasteiger partial charge in [-0.25, -0.2) is 0 Å². The van der Waals surface area contributed by atoms with Crippen LogP contribution in [0.4, 0.5) is 0 Å². The lowest BCUT2D eigenvalue weighted by Crippen LogP contribution is -2.53. The van der Waals surface area contributed by atoms with Gasteiger partial charge in [-0.3, -0.25) is 4.79 Å². The number of ether oxygens (including phenoxy) is 1. The number of carbonyl (C=O) groups excluding carboxylic acids is 1. The normalized spacial score (nSPS) is 23.9. The maximum atomic E-state index is 12.0. The summed E-state index contributed by atoms with van der Waals surface area (Å²) in [5, 5.41) is 0. The number of morpholine rings is 1. The van der Waals surface area contributed by atoms with E-state index in [2.05, 4.69) is 6.92 Å². The second kappa shape index (κ2) is 6.08. The van der Waals surface area contributed by atoms with Crippen LogP contribution in [-0.2, 0) is 9.53 Å². The fourth-order valence-electron chi connectivity index (χ4n) is 1.93. The molecule has 0 aromatic carbocycles. The molecule has 1 saturated heterocycles. The van der Waals surface area contributed by atoms with Crippen LogP contribution in [0.2, 0.25) is 0 Å². The van der Waals surface area contributed by atoms with Crippen LogP contribution < -0.4 is 5.73 Å². The number of nitrogens with zero attached hydrogens (tertiary/aromatic N) is 1. The van der Waals surface area contributed by atoms with Gasteiger partial charge in [0.25, 0.3) is 0 Å². The number of nitrogens with two attached hydrogens (primary N) is 1. The van der Waals surface area contributed by atoms with Crippen LogP contribution in [0.15, 0.2) is 0 Å². The van der Waals surface area contributed by atoms with E-state index in [9.17, 15) is 4.79 Å². The summed E-state index contributed by atoms with van der Waals surface area (Å²) in [6.07, 6.45) is 2.66. The highest BCUT2D eigenvalue weighted by molar-refractivity contribution is 5.82. The Morgan fingerprint density at radius 3 is 2.93 bits per heavy atom. The molecule has 1 rings (SSSR count). The molecule has 2 N–H and O–H groups in total. The van der Waals surface area contributed by atoms with E-state index < -0.39 is 0 Å². The number of hydrogen-bond donors (Lipinski definition) is 1. The van der Waals surface area contributed by atoms with Crippen molar-refractivity contribution >= 4 is 5.91 Å². The van der Waals surface area contributed by atoms with Gasteiger partial charge in [0.15, 0.2) is 0 Å². The number of amides is 1. The third-order valence-electron chi connectivity index (χ3n) is 2.90. The molecule has 0 aromatic rings. The van der Waals surface area contributed by atoms with Crippen LogP contribution in [0.25, 0.3) is 0 Å². The zero-order chi connectivity index (χ0) is 11.3. The predicted molar refractivity (Wildman–Crippen MR) is 59.5 cm³/mol. The van der Waals surface area contributed by atoms with E-state index in [4.69, 9.17) is 10.5 Å². The Morgan fingerprint density at radius 2 is 2.33 bits per heavy atom. The fraction of sp³-hybridized carbons (Fsp3) is 0.909. The van der Waals surface area contributed by atoms with Crippen molar-refractivity contribution < 1.29 is 9.53 Å². The zero-order valence-corrected chi connectivity index (χ0v) is 9.74. The topological polar surface area (TPSA) is 55.6 Å². The van der Waals surface area contributed by atoms with Crippen LogP contribution in [0.1, 0.15) is 33.1 Å². The summed E-state index contributed by atoms with van der Waals surface area (Å²) in [7, 11) is 0. The van der Waals surface area contributed by atoms with Gasteiger partial charge in [-0.15, -0.1) is 0 Å². The van der Waals surface area contributed by atoms with Gasteiger partial charge >= 0.3 is 0 Å². The molecule has 1 aliphatic rings. The van der Waals surface area contributed by atoms with Gasteiger partial charge < -0.3 is 15.4 Å². The Morgan fingerprint density at radius 1 is 1.60 bits per heavy atom. The number of rotatable bonds is 4. The second-order valence-corrected chi connectivity index (χ2v) is 4.06. The standard InChI is InChI=1S/C11H22N2O2/c1-3-5-10(12)11(14)13-6-7-15-8-9(13)4-2/h9-10H,3-8,12H2,1-2H3/t9?,10-/m1/s1. The molecule has 1 unspecified atom stereocenters. The third-order valence-corrected chi connectivity index (χ3v) is 2.90. The zero-order valence-electron chi connectivity index (χ0n) is 9.74. The Hall–Kier alpha value is -0.610. The first kappa shape index (κ1) is 12.5. The molecular weight excluding hydrogens is 192 g/mol. The Labute approximate surface area is 91.8 Å². The summed E-state index contributed by atoms with van der Waals surface area (Å²) >= 11 is 0. The van der Waals surface area contributed by atoms with Crippen molar-refractivity contribution in [2.45, 2.75) is 45.2 Å². The summed E-state index contributed by atoms with van der Waals surface area (Å²) in [6, 6.07) is -0.115. The van der Waals surface area contributed by atoms with Crippen molar-refractivity contribution in [1.82, 2.24) is 4.90 Å². The summed E-state index contributed by atoms with van der Waals surface area (Å²) in [5.41, 5.74) is 5.84. The molecule has 0 bridgehead atoms. The lowest BCUT2D eigenvalue weighted by molar-refractivity contribution is -0.141. The monoisotopic (exact) mass is 214 g/mol. The Balaban J connectivity index is 2.55. The average molecular weight is 214 g/mol. The lowest BCUT2D eigenvalue weighted by Gasteiger charge is -2.36. The van der Waals surface area contributed by atoms with Crippen LogP contribution in [0.3, 0.4) is 0 Å². The molecule has 1 heterocycles. The van der Waals surface area contributed by atoms with Crippen molar-refractivity contribution in [3.05, 3.63) is 0 Å². The van der Waals surface area contributed by atoms with E-state index in [1.165, 1.54) is 0 Å². The SMILES string of the molecule is CCC[C@@H](N)C(=O)N1CCOCC1CC. The molecule has 1 amide bonds. The van der Waals surface area contributed by atoms with Gasteiger partial charge in [0, 0.05) is 6.54 Å². The van der Waals surface area contributed by atoms with Crippen molar-refractivity contribution in [2.75, 3.05) is 19.8 Å². The number of hydrogen-bond acceptors (Lipinski definition) is 3. The van der Waals surface area contributed by atoms with Crippen LogP contribution in [-0.4, -0.2) is 42.6 Å². The second-order valence-electron chi connectivity index (χ2n) is 4.06. The van der Waals surface area contributed by atoms with E-state index in [-0.39, 0.29) is 18.0 Å². The summed E-state index contributed by atoms with van der Waals surface area (Å²) in [6.45, 7) is 6.10. The van der Waals surface area contributed by atoms with Gasteiger partial charge in [0.1, 0.15) is 0 Å². The van der Waals surface area contributed by atoms with Gasteiger partial charge in [0.05, 0.1) is 25.3 Å². The van der Waals surface area contributed by atoms with Crippen molar-refractivity contribution in [2.24, 2.45) is 5.73 Å². The number of carbonyl (C=O) groups is 1. The summed E-state index contributed by atoms with van der Waals surface area (Å²) in [5.74, 6) is 0.0898. The summed E-state index contributed by atoms with van der Waals surface area (Å²) in [4.78, 5) is 13.9. The van der Waals surface area contributed by atoms with Crippen LogP contribution in [0, 0.1) is 0 Å². The molecular formula is C11H22N2O2. The highest BCUT2D eigenvalue weighted by Crippen LogP contribution is 2.12. The molecule has 4 nitrogen and oxygen atoms in total. The van der Waals surface area contributed by atoms with Crippen LogP contribution in [0.5, 0.6) is 0 Å². The minimum absolute atomic E-state index is 0.0898. The average Bonchev–Trinajstić information content (AvgIpc) is 2.28. The van der Waals surface area contributed by atoms with E-state index in [1.807, 2.05) is 11.8 Å². The fourth-order valence-corrected chi connectivity index (χ4v) is 1.93. The molecule has 0 aromatic heterocycles. The Bertz CT molecular complexity index is 209. The molecule has 0 radical (unpaired) electrons. The first-order chi connectivity index (χ1) is 7.20. The van der Waals surface area contributed by atoms with Crippen LogP contribution >= 0.6 is 0 Å². The van der Waals surface area contributed by atoms with Crippen molar-refractivity contribution in [3.8, 4) is 0 Å². The molecule has 88 valence electrons. The maximum absolute atomic E-state index is 12.0. The first-order valence-electron chi connectivity index (χ1n) is 5.84. The van der Waals surface area contributed by atoms with Gasteiger partial charge in [-0.2, -0.15) is 0 Å². The molecule has 0 spiro atoms. The third kappa shape index (κ3) is 3.18.